The van der Waals surface area contributed by atoms with Crippen LogP contribution in [0.2, 0.25) is 0 Å². The Kier molecular flexibility index (Phi) is 5.66. The van der Waals surface area contributed by atoms with Gasteiger partial charge in [0.15, 0.2) is 0 Å². The maximum Gasteiger partial charge on any atom is 0.231 e. The number of nitrogens with one attached hydrogen (secondary N) is 2. The zero-order valence-electron chi connectivity index (χ0n) is 15.4. The Morgan fingerprint density at radius 3 is 2.89 bits per heavy atom. The molecule has 4 rings (SSSR count). The number of carbonyl (C=O) groups is 1. The monoisotopic (exact) mass is 398 g/mol. The lowest BCUT2D eigenvalue weighted by atomic mass is 10.2. The lowest BCUT2D eigenvalue weighted by molar-refractivity contribution is -0.931. The van der Waals surface area contributed by atoms with Crippen LogP contribution in [0.15, 0.2) is 47.2 Å². The number of benzene rings is 1. The van der Waals surface area contributed by atoms with Crippen molar-refractivity contribution in [1.29, 1.82) is 0 Å². The van der Waals surface area contributed by atoms with Gasteiger partial charge in [0.1, 0.15) is 23.3 Å². The van der Waals surface area contributed by atoms with Crippen molar-refractivity contribution in [3.63, 3.8) is 0 Å². The molecule has 0 bridgehead atoms. The Labute approximate surface area is 167 Å². The van der Waals surface area contributed by atoms with Gasteiger partial charge in [0.25, 0.3) is 0 Å². The summed E-state index contributed by atoms with van der Waals surface area (Å²) in [5, 5.41) is 8.12. The average Bonchev–Trinajstić information content (AvgIpc) is 3.39. The molecule has 1 fully saturated rings. The Hall–Kier alpha value is -2.02. The number of quaternary nitrogens is 1. The SMILES string of the molecule is Cc1ccc(NC(=O)Cc2nc(C[NH+]3CCC[C@H]3c3cccs3)cs2)cc1. The van der Waals surface area contributed by atoms with Crippen LogP contribution < -0.4 is 10.2 Å². The molecular formula is C21H24N3OS2+. The van der Waals surface area contributed by atoms with Crippen molar-refractivity contribution < 1.29 is 9.69 Å². The number of likely N-dealkylation sites (tertiary alicyclic amines) is 1. The van der Waals surface area contributed by atoms with Gasteiger partial charge in [-0.1, -0.05) is 23.8 Å². The van der Waals surface area contributed by atoms with E-state index in [1.165, 1.54) is 29.8 Å². The fraction of sp³-hybridized carbons (Fsp3) is 0.333. The van der Waals surface area contributed by atoms with E-state index in [1.54, 1.807) is 16.2 Å². The van der Waals surface area contributed by atoms with Crippen molar-refractivity contribution in [3.8, 4) is 0 Å². The summed E-state index contributed by atoms with van der Waals surface area (Å²) in [6, 6.07) is 12.9. The van der Waals surface area contributed by atoms with Crippen LogP contribution in [0, 0.1) is 6.92 Å². The van der Waals surface area contributed by atoms with Crippen LogP contribution in [0.5, 0.6) is 0 Å². The fourth-order valence-electron chi connectivity index (χ4n) is 3.68. The van der Waals surface area contributed by atoms with E-state index in [1.807, 2.05) is 42.5 Å². The zero-order valence-corrected chi connectivity index (χ0v) is 17.0. The van der Waals surface area contributed by atoms with Crippen LogP contribution >= 0.6 is 22.7 Å². The quantitative estimate of drug-likeness (QED) is 0.666. The van der Waals surface area contributed by atoms with E-state index in [-0.39, 0.29) is 5.91 Å². The second kappa shape index (κ2) is 8.33. The van der Waals surface area contributed by atoms with Crippen molar-refractivity contribution in [3.05, 3.63) is 68.3 Å². The highest BCUT2D eigenvalue weighted by molar-refractivity contribution is 7.10. The first-order chi connectivity index (χ1) is 13.2. The molecule has 1 aromatic carbocycles. The summed E-state index contributed by atoms with van der Waals surface area (Å²) in [6.45, 7) is 4.18. The Morgan fingerprint density at radius 2 is 2.11 bits per heavy atom. The van der Waals surface area contributed by atoms with E-state index in [2.05, 4.69) is 28.2 Å². The van der Waals surface area contributed by atoms with Gasteiger partial charge in [0.2, 0.25) is 5.91 Å². The van der Waals surface area contributed by atoms with Crippen molar-refractivity contribution in [2.75, 3.05) is 11.9 Å². The van der Waals surface area contributed by atoms with Gasteiger partial charge in [0.05, 0.1) is 17.8 Å². The van der Waals surface area contributed by atoms with Crippen LogP contribution in [0.1, 0.15) is 40.0 Å². The number of hydrogen-bond acceptors (Lipinski definition) is 4. The van der Waals surface area contributed by atoms with Crippen LogP contribution in [0.3, 0.4) is 0 Å². The van der Waals surface area contributed by atoms with Crippen molar-refractivity contribution in [2.45, 2.75) is 38.8 Å². The summed E-state index contributed by atoms with van der Waals surface area (Å²) in [7, 11) is 0. The third-order valence-electron chi connectivity index (χ3n) is 5.02. The molecular weight excluding hydrogens is 374 g/mol. The molecule has 3 aromatic rings. The van der Waals surface area contributed by atoms with Gasteiger partial charge in [0, 0.05) is 23.9 Å². The minimum atomic E-state index is -0.00951. The smallest absolute Gasteiger partial charge is 0.231 e. The Morgan fingerprint density at radius 1 is 1.26 bits per heavy atom. The molecule has 140 valence electrons. The van der Waals surface area contributed by atoms with Gasteiger partial charge in [-0.3, -0.25) is 4.79 Å². The fourth-order valence-corrected chi connectivity index (χ4v) is 5.39. The molecule has 0 spiro atoms. The second-order valence-electron chi connectivity index (χ2n) is 7.12. The number of aryl methyl sites for hydroxylation is 1. The first-order valence-electron chi connectivity index (χ1n) is 9.35. The van der Waals surface area contributed by atoms with E-state index in [0.717, 1.165) is 22.9 Å². The zero-order chi connectivity index (χ0) is 18.6. The molecule has 1 aliphatic rings. The summed E-state index contributed by atoms with van der Waals surface area (Å²) in [6.07, 6.45) is 2.86. The predicted molar refractivity (Wildman–Crippen MR) is 111 cm³/mol. The summed E-state index contributed by atoms with van der Waals surface area (Å²) in [5.74, 6) is -0.00951. The van der Waals surface area contributed by atoms with E-state index >= 15 is 0 Å². The van der Waals surface area contributed by atoms with Gasteiger partial charge < -0.3 is 10.2 Å². The van der Waals surface area contributed by atoms with Crippen LogP contribution in [-0.2, 0) is 17.8 Å². The molecule has 1 saturated heterocycles. The molecule has 2 atom stereocenters. The number of thiophene rings is 1. The van der Waals surface area contributed by atoms with E-state index < -0.39 is 0 Å². The molecule has 1 unspecified atom stereocenters. The van der Waals surface area contributed by atoms with Crippen LogP contribution in [-0.4, -0.2) is 17.4 Å². The third kappa shape index (κ3) is 4.64. The Balaban J connectivity index is 1.34. The molecule has 2 aromatic heterocycles. The molecule has 2 N–H and O–H groups in total. The highest BCUT2D eigenvalue weighted by Crippen LogP contribution is 2.24. The standard InChI is InChI=1S/C21H23N3OS2/c1-15-6-8-16(9-7-15)22-20(25)12-21-23-17(14-27-21)13-24-10-2-4-18(24)19-5-3-11-26-19/h3,5-9,11,14,18H,2,4,10,12-13H2,1H3,(H,22,25)/p+1/t18-/m0/s1. The van der Waals surface area contributed by atoms with Gasteiger partial charge >= 0.3 is 0 Å². The number of aromatic nitrogens is 1. The van der Waals surface area contributed by atoms with Crippen molar-refractivity contribution in [1.82, 2.24) is 4.98 Å². The normalized spacial score (nSPS) is 19.3. The molecule has 3 heterocycles. The predicted octanol–water partition coefficient (Wildman–Crippen LogP) is 3.61. The number of anilines is 1. The lowest BCUT2D eigenvalue weighted by Crippen LogP contribution is -3.08. The van der Waals surface area contributed by atoms with Crippen LogP contribution in [0.25, 0.3) is 0 Å². The molecule has 0 radical (unpaired) electrons. The van der Waals surface area contributed by atoms with Gasteiger partial charge in [-0.25, -0.2) is 4.98 Å². The summed E-state index contributed by atoms with van der Waals surface area (Å²) in [5.41, 5.74) is 3.13. The topological polar surface area (TPSA) is 46.4 Å². The van der Waals surface area contributed by atoms with Gasteiger partial charge in [-0.05, 0) is 30.5 Å². The first kappa shape index (κ1) is 18.3. The molecule has 0 aliphatic carbocycles. The highest BCUT2D eigenvalue weighted by Gasteiger charge is 2.31. The first-order valence-corrected chi connectivity index (χ1v) is 11.1. The maximum atomic E-state index is 12.3. The average molecular weight is 399 g/mol. The minimum Gasteiger partial charge on any atom is -0.326 e. The minimum absolute atomic E-state index is 0.00951. The van der Waals surface area contributed by atoms with E-state index in [4.69, 9.17) is 4.98 Å². The number of amides is 1. The third-order valence-corrected chi connectivity index (χ3v) is 6.91. The van der Waals surface area contributed by atoms with Gasteiger partial charge in [-0.2, -0.15) is 0 Å². The molecule has 4 nitrogen and oxygen atoms in total. The number of nitrogens with zero attached hydrogens (tertiary/aromatic N) is 1. The van der Waals surface area contributed by atoms with E-state index in [0.29, 0.717) is 12.5 Å². The summed E-state index contributed by atoms with van der Waals surface area (Å²) < 4.78 is 0. The molecule has 1 aliphatic heterocycles. The van der Waals surface area contributed by atoms with Crippen molar-refractivity contribution in [2.24, 2.45) is 0 Å². The number of thiazole rings is 1. The van der Waals surface area contributed by atoms with Crippen molar-refractivity contribution >= 4 is 34.3 Å². The number of carbonyl (C=O) groups excluding carboxylic acids is 1. The summed E-state index contributed by atoms with van der Waals surface area (Å²) in [4.78, 5) is 20.1. The van der Waals surface area contributed by atoms with Crippen LogP contribution in [0.4, 0.5) is 5.69 Å². The molecule has 6 heteroatoms. The number of hydrogen-bond donors (Lipinski definition) is 2. The lowest BCUT2D eigenvalue weighted by Gasteiger charge is -2.19. The molecule has 27 heavy (non-hydrogen) atoms. The largest absolute Gasteiger partial charge is 0.326 e. The molecule has 1 amide bonds. The maximum absolute atomic E-state index is 12.3. The Bertz CT molecular complexity index is 887. The second-order valence-corrected chi connectivity index (χ2v) is 9.04. The highest BCUT2D eigenvalue weighted by atomic mass is 32.1. The molecule has 0 saturated carbocycles. The number of rotatable bonds is 6. The summed E-state index contributed by atoms with van der Waals surface area (Å²) >= 11 is 3.45. The van der Waals surface area contributed by atoms with E-state index in [9.17, 15) is 4.79 Å². The van der Waals surface area contributed by atoms with Gasteiger partial charge in [-0.15, -0.1) is 22.7 Å².